The molecule has 7 heteroatoms. The fraction of sp³-hybridized carbons (Fsp3) is 0.385. The Morgan fingerprint density at radius 1 is 1.00 bits per heavy atom. The largest absolute Gasteiger partial charge is 0.454 e. The third-order valence-corrected chi connectivity index (χ3v) is 7.16. The van der Waals surface area contributed by atoms with E-state index in [0.29, 0.717) is 43.1 Å². The summed E-state index contributed by atoms with van der Waals surface area (Å²) in [6.07, 6.45) is 5.85. The molecule has 0 spiro atoms. The van der Waals surface area contributed by atoms with Crippen molar-refractivity contribution in [2.45, 2.75) is 38.5 Å². The molecule has 0 radical (unpaired) electrons. The van der Waals surface area contributed by atoms with Crippen molar-refractivity contribution < 1.29 is 19.1 Å². The summed E-state index contributed by atoms with van der Waals surface area (Å²) in [7, 11) is 0. The molecular formula is C26H27N3O4. The molecule has 2 amide bonds. The van der Waals surface area contributed by atoms with E-state index in [9.17, 15) is 9.59 Å². The molecule has 0 atom stereocenters. The van der Waals surface area contributed by atoms with Crippen LogP contribution in [0.4, 0.5) is 5.69 Å². The first-order valence-corrected chi connectivity index (χ1v) is 11.8. The number of carbonyl (C=O) groups excluding carboxylic acids is 2. The number of benzene rings is 2. The molecule has 1 fully saturated rings. The minimum Gasteiger partial charge on any atom is -0.454 e. The molecule has 0 saturated carbocycles. The second kappa shape index (κ2) is 8.14. The van der Waals surface area contributed by atoms with Crippen LogP contribution in [-0.4, -0.2) is 41.6 Å². The van der Waals surface area contributed by atoms with E-state index in [1.807, 2.05) is 23.1 Å². The Kier molecular flexibility index (Phi) is 4.97. The van der Waals surface area contributed by atoms with Gasteiger partial charge in [-0.25, -0.2) is 0 Å². The second-order valence-electron chi connectivity index (χ2n) is 9.14. The van der Waals surface area contributed by atoms with Crippen LogP contribution < -0.4 is 14.8 Å². The quantitative estimate of drug-likeness (QED) is 0.631. The molecule has 170 valence electrons. The number of amides is 2. The number of aromatic nitrogens is 1. The van der Waals surface area contributed by atoms with Gasteiger partial charge in [-0.3, -0.25) is 9.59 Å². The van der Waals surface area contributed by atoms with Crippen molar-refractivity contribution in [1.82, 2.24) is 9.88 Å². The van der Waals surface area contributed by atoms with Gasteiger partial charge in [-0.05, 0) is 62.3 Å². The van der Waals surface area contributed by atoms with Gasteiger partial charge in [-0.1, -0.05) is 12.1 Å². The van der Waals surface area contributed by atoms with Gasteiger partial charge in [-0.15, -0.1) is 0 Å². The van der Waals surface area contributed by atoms with Crippen molar-refractivity contribution in [2.24, 2.45) is 5.92 Å². The molecule has 7 nitrogen and oxygen atoms in total. The highest BCUT2D eigenvalue weighted by Gasteiger charge is 2.29. The molecule has 1 saturated heterocycles. The maximum atomic E-state index is 13.4. The lowest BCUT2D eigenvalue weighted by Crippen LogP contribution is -2.41. The zero-order chi connectivity index (χ0) is 22.4. The molecule has 6 rings (SSSR count). The number of carbonyl (C=O) groups is 2. The summed E-state index contributed by atoms with van der Waals surface area (Å²) >= 11 is 0. The summed E-state index contributed by atoms with van der Waals surface area (Å²) in [4.78, 5) is 31.6. The van der Waals surface area contributed by atoms with Crippen molar-refractivity contribution >= 4 is 28.4 Å². The van der Waals surface area contributed by atoms with Crippen LogP contribution in [0.25, 0.3) is 10.9 Å². The molecule has 1 aromatic heterocycles. The SMILES string of the molecule is O=C(Nc1ccc2c(c1)OCO2)C1CCN(C(=O)c2cccc3c4c([nH]c23)CCCC4)CC1. The van der Waals surface area contributed by atoms with Gasteiger partial charge in [0, 0.05) is 41.8 Å². The van der Waals surface area contributed by atoms with Gasteiger partial charge >= 0.3 is 0 Å². The number of H-pyrrole nitrogens is 1. The Labute approximate surface area is 192 Å². The number of hydrogen-bond acceptors (Lipinski definition) is 4. The van der Waals surface area contributed by atoms with Crippen LogP contribution in [0.5, 0.6) is 11.5 Å². The lowest BCUT2D eigenvalue weighted by Gasteiger charge is -2.31. The van der Waals surface area contributed by atoms with E-state index in [1.54, 1.807) is 12.1 Å². The summed E-state index contributed by atoms with van der Waals surface area (Å²) in [6, 6.07) is 11.4. The number of ether oxygens (including phenoxy) is 2. The number of aryl methyl sites for hydroxylation is 2. The lowest BCUT2D eigenvalue weighted by atomic mass is 9.94. The van der Waals surface area contributed by atoms with Crippen molar-refractivity contribution in [3.8, 4) is 11.5 Å². The summed E-state index contributed by atoms with van der Waals surface area (Å²) in [5.74, 6) is 1.26. The number of nitrogens with zero attached hydrogens (tertiary/aromatic N) is 1. The fourth-order valence-corrected chi connectivity index (χ4v) is 5.34. The van der Waals surface area contributed by atoms with Crippen molar-refractivity contribution in [2.75, 3.05) is 25.2 Å². The molecule has 2 N–H and O–H groups in total. The van der Waals surface area contributed by atoms with Crippen LogP contribution in [-0.2, 0) is 17.6 Å². The number of para-hydroxylation sites is 1. The minimum absolute atomic E-state index is 0.0138. The highest BCUT2D eigenvalue weighted by atomic mass is 16.7. The number of likely N-dealkylation sites (tertiary alicyclic amines) is 1. The maximum absolute atomic E-state index is 13.4. The molecule has 0 bridgehead atoms. The fourth-order valence-electron chi connectivity index (χ4n) is 5.34. The minimum atomic E-state index is -0.118. The summed E-state index contributed by atoms with van der Waals surface area (Å²) < 4.78 is 10.7. The number of hydrogen-bond donors (Lipinski definition) is 2. The first-order chi connectivity index (χ1) is 16.2. The van der Waals surface area contributed by atoms with Gasteiger partial charge in [0.15, 0.2) is 11.5 Å². The first kappa shape index (κ1) is 20.1. The third kappa shape index (κ3) is 3.61. The van der Waals surface area contributed by atoms with Gasteiger partial charge in [0.2, 0.25) is 12.7 Å². The molecule has 2 aliphatic heterocycles. The van der Waals surface area contributed by atoms with Crippen LogP contribution in [0.2, 0.25) is 0 Å². The van der Waals surface area contributed by atoms with Gasteiger partial charge in [0.1, 0.15) is 0 Å². The number of fused-ring (bicyclic) bond motifs is 4. The number of nitrogens with one attached hydrogen (secondary N) is 2. The number of rotatable bonds is 3. The van der Waals surface area contributed by atoms with E-state index >= 15 is 0 Å². The molecule has 0 unspecified atom stereocenters. The van der Waals surface area contributed by atoms with E-state index in [4.69, 9.17) is 9.47 Å². The normalized spacial score (nSPS) is 17.8. The first-order valence-electron chi connectivity index (χ1n) is 11.8. The lowest BCUT2D eigenvalue weighted by molar-refractivity contribution is -0.121. The van der Waals surface area contributed by atoms with Gasteiger partial charge < -0.3 is 24.7 Å². The molecule has 33 heavy (non-hydrogen) atoms. The van der Waals surface area contributed by atoms with Gasteiger partial charge in [0.05, 0.1) is 11.1 Å². The van der Waals surface area contributed by atoms with E-state index in [1.165, 1.54) is 29.5 Å². The topological polar surface area (TPSA) is 83.7 Å². The number of anilines is 1. The van der Waals surface area contributed by atoms with Gasteiger partial charge in [0.25, 0.3) is 5.91 Å². The Morgan fingerprint density at radius 3 is 2.70 bits per heavy atom. The molecule has 1 aliphatic carbocycles. The molecule has 3 heterocycles. The molecular weight excluding hydrogens is 418 g/mol. The Hall–Kier alpha value is -3.48. The van der Waals surface area contributed by atoms with Crippen LogP contribution in [0.1, 0.15) is 47.3 Å². The monoisotopic (exact) mass is 445 g/mol. The van der Waals surface area contributed by atoms with Crippen molar-refractivity contribution in [3.63, 3.8) is 0 Å². The summed E-state index contributed by atoms with van der Waals surface area (Å²) in [6.45, 7) is 1.36. The Morgan fingerprint density at radius 2 is 1.82 bits per heavy atom. The van der Waals surface area contributed by atoms with E-state index < -0.39 is 0 Å². The molecule has 3 aromatic rings. The predicted octanol–water partition coefficient (Wildman–Crippen LogP) is 4.27. The highest BCUT2D eigenvalue weighted by Crippen LogP contribution is 2.35. The third-order valence-electron chi connectivity index (χ3n) is 7.16. The average molecular weight is 446 g/mol. The number of aromatic amines is 1. The maximum Gasteiger partial charge on any atom is 0.255 e. The van der Waals surface area contributed by atoms with Crippen LogP contribution in [0, 0.1) is 5.92 Å². The summed E-state index contributed by atoms with van der Waals surface area (Å²) in [5, 5.41) is 4.17. The Bertz CT molecular complexity index is 1240. The van der Waals surface area contributed by atoms with Crippen molar-refractivity contribution in [1.29, 1.82) is 0 Å². The van der Waals surface area contributed by atoms with Crippen LogP contribution >= 0.6 is 0 Å². The second-order valence-corrected chi connectivity index (χ2v) is 9.14. The Balaban J connectivity index is 1.12. The molecule has 3 aliphatic rings. The zero-order valence-electron chi connectivity index (χ0n) is 18.5. The van der Waals surface area contributed by atoms with Crippen molar-refractivity contribution in [3.05, 3.63) is 53.2 Å². The van der Waals surface area contributed by atoms with E-state index in [0.717, 1.165) is 23.9 Å². The van der Waals surface area contributed by atoms with Crippen LogP contribution in [0.3, 0.4) is 0 Å². The average Bonchev–Trinajstić information content (AvgIpc) is 3.47. The van der Waals surface area contributed by atoms with Gasteiger partial charge in [-0.2, -0.15) is 0 Å². The number of piperidine rings is 1. The van der Waals surface area contributed by atoms with E-state index in [-0.39, 0.29) is 24.5 Å². The highest BCUT2D eigenvalue weighted by molar-refractivity contribution is 6.07. The van der Waals surface area contributed by atoms with E-state index in [2.05, 4.69) is 16.4 Å². The zero-order valence-corrected chi connectivity index (χ0v) is 18.5. The van der Waals surface area contributed by atoms with Crippen LogP contribution in [0.15, 0.2) is 36.4 Å². The standard InChI is InChI=1S/C26H27N3O4/c30-25(27-17-8-9-22-23(14-17)33-15-32-22)16-10-12-29(13-11-16)26(31)20-6-3-5-19-18-4-1-2-7-21(18)28-24(19)20/h3,5-6,8-9,14,16,28H,1-2,4,7,10-13,15H2,(H,27,30). The molecule has 2 aromatic carbocycles. The predicted molar refractivity (Wildman–Crippen MR) is 125 cm³/mol. The summed E-state index contributed by atoms with van der Waals surface area (Å²) in [5.41, 5.74) is 5.08. The smallest absolute Gasteiger partial charge is 0.255 e.